The molecule has 0 radical (unpaired) electrons. The molecule has 0 aliphatic carbocycles. The van der Waals surface area contributed by atoms with Crippen molar-refractivity contribution >= 4 is 39.4 Å². The molecule has 7 heteroatoms. The molecule has 0 unspecified atom stereocenters. The van der Waals surface area contributed by atoms with Crippen molar-refractivity contribution in [3.8, 4) is 0 Å². The number of carbonyl (C=O) groups is 2. The van der Waals surface area contributed by atoms with Crippen LogP contribution in [0.5, 0.6) is 0 Å². The molecule has 0 aliphatic rings. The number of esters is 1. The van der Waals surface area contributed by atoms with Crippen LogP contribution in [0.1, 0.15) is 25.8 Å². The molecule has 0 saturated heterocycles. The van der Waals surface area contributed by atoms with E-state index in [2.05, 4.69) is 21.2 Å². The fourth-order valence-corrected chi connectivity index (χ4v) is 2.68. The van der Waals surface area contributed by atoms with Crippen LogP contribution in [0.15, 0.2) is 22.7 Å². The fraction of sp³-hybridized carbons (Fsp3) is 0.500. The van der Waals surface area contributed by atoms with Crippen molar-refractivity contribution in [1.82, 2.24) is 5.32 Å². The zero-order valence-electron chi connectivity index (χ0n) is 13.3. The minimum atomic E-state index is -1.16. The first-order valence-corrected chi connectivity index (χ1v) is 8.41. The number of carbonyl (C=O) groups excluding carboxylic acids is 2. The zero-order chi connectivity index (χ0) is 17.6. The van der Waals surface area contributed by atoms with E-state index in [9.17, 15) is 14.7 Å². The molecule has 1 rings (SSSR count). The lowest BCUT2D eigenvalue weighted by molar-refractivity contribution is -0.146. The third-order valence-corrected chi connectivity index (χ3v) is 4.24. The van der Waals surface area contributed by atoms with Gasteiger partial charge in [0.1, 0.15) is 12.1 Å². The summed E-state index contributed by atoms with van der Waals surface area (Å²) in [4.78, 5) is 24.0. The normalized spacial score (nSPS) is 13.5. The predicted octanol–water partition coefficient (Wildman–Crippen LogP) is 2.71. The number of nitrogens with one attached hydrogen (secondary N) is 1. The Balaban J connectivity index is 2.87. The van der Waals surface area contributed by atoms with Crippen molar-refractivity contribution < 1.29 is 19.4 Å². The van der Waals surface area contributed by atoms with Crippen molar-refractivity contribution in [2.24, 2.45) is 5.92 Å². The van der Waals surface area contributed by atoms with Crippen LogP contribution in [0.4, 0.5) is 0 Å². The number of halogens is 2. The number of hydrogen-bond donors (Lipinski definition) is 2. The summed E-state index contributed by atoms with van der Waals surface area (Å²) in [6, 6.07) is 4.29. The van der Waals surface area contributed by atoms with Gasteiger partial charge in [-0.1, -0.05) is 41.4 Å². The zero-order valence-corrected chi connectivity index (χ0v) is 15.6. The van der Waals surface area contributed by atoms with E-state index in [1.165, 1.54) is 7.11 Å². The first kappa shape index (κ1) is 19.9. The second-order valence-electron chi connectivity index (χ2n) is 5.67. The van der Waals surface area contributed by atoms with Gasteiger partial charge >= 0.3 is 5.97 Å². The maximum absolute atomic E-state index is 12.0. The molecule has 0 bridgehead atoms. The Morgan fingerprint density at radius 3 is 2.61 bits per heavy atom. The van der Waals surface area contributed by atoms with E-state index in [-0.39, 0.29) is 12.3 Å². The number of ether oxygens (including phenoxy) is 1. The van der Waals surface area contributed by atoms with Gasteiger partial charge in [0, 0.05) is 15.9 Å². The number of aliphatic hydroxyl groups excluding tert-OH is 1. The number of benzene rings is 1. The Labute approximate surface area is 149 Å². The summed E-state index contributed by atoms with van der Waals surface area (Å²) >= 11 is 9.35. The molecule has 2 atom stereocenters. The highest BCUT2D eigenvalue weighted by Gasteiger charge is 2.26. The van der Waals surface area contributed by atoms with E-state index in [1.807, 2.05) is 13.8 Å². The molecule has 0 heterocycles. The molecule has 23 heavy (non-hydrogen) atoms. The summed E-state index contributed by atoms with van der Waals surface area (Å²) in [5.41, 5.74) is 0.756. The summed E-state index contributed by atoms with van der Waals surface area (Å²) in [6.07, 6.45) is -0.640. The molecule has 1 aromatic rings. The molecule has 5 nitrogen and oxygen atoms in total. The van der Waals surface area contributed by atoms with Crippen molar-refractivity contribution in [3.63, 3.8) is 0 Å². The predicted molar refractivity (Wildman–Crippen MR) is 92.3 cm³/mol. The molecular formula is C16H21BrClNO4. The maximum Gasteiger partial charge on any atom is 0.328 e. The van der Waals surface area contributed by atoms with Crippen LogP contribution in [0.25, 0.3) is 0 Å². The number of methoxy groups -OCH3 is 1. The van der Waals surface area contributed by atoms with Gasteiger partial charge in [0.05, 0.1) is 7.11 Å². The Hall–Kier alpha value is -1.11. The highest BCUT2D eigenvalue weighted by molar-refractivity contribution is 9.10. The largest absolute Gasteiger partial charge is 0.467 e. The molecule has 0 aliphatic heterocycles. The van der Waals surface area contributed by atoms with Crippen LogP contribution in [0.3, 0.4) is 0 Å². The minimum absolute atomic E-state index is 0.161. The monoisotopic (exact) mass is 405 g/mol. The number of aliphatic hydroxyl groups is 1. The summed E-state index contributed by atoms with van der Waals surface area (Å²) in [7, 11) is 1.25. The second kappa shape index (κ2) is 9.25. The van der Waals surface area contributed by atoms with Gasteiger partial charge in [-0.3, -0.25) is 4.79 Å². The number of rotatable bonds is 7. The van der Waals surface area contributed by atoms with Gasteiger partial charge in [-0.05, 0) is 36.1 Å². The summed E-state index contributed by atoms with van der Waals surface area (Å²) in [5.74, 6) is -1.01. The van der Waals surface area contributed by atoms with Crippen LogP contribution in [-0.2, 0) is 20.7 Å². The van der Waals surface area contributed by atoms with Gasteiger partial charge in [0.15, 0.2) is 0 Å². The smallest absolute Gasteiger partial charge is 0.328 e. The average molecular weight is 407 g/mol. The first-order chi connectivity index (χ1) is 10.7. The van der Waals surface area contributed by atoms with Gasteiger partial charge in [-0.25, -0.2) is 4.79 Å². The fourth-order valence-electron chi connectivity index (χ4n) is 2.08. The van der Waals surface area contributed by atoms with Crippen molar-refractivity contribution in [2.45, 2.75) is 38.8 Å². The van der Waals surface area contributed by atoms with Gasteiger partial charge in [-0.2, -0.15) is 0 Å². The molecule has 0 fully saturated rings. The van der Waals surface area contributed by atoms with Gasteiger partial charge in [0.2, 0.25) is 5.91 Å². The summed E-state index contributed by atoms with van der Waals surface area (Å²) < 4.78 is 5.50. The Kier molecular flexibility index (Phi) is 8.02. The van der Waals surface area contributed by atoms with E-state index >= 15 is 0 Å². The topological polar surface area (TPSA) is 75.6 Å². The van der Waals surface area contributed by atoms with Gasteiger partial charge in [0.25, 0.3) is 0 Å². The highest BCUT2D eigenvalue weighted by atomic mass is 79.9. The van der Waals surface area contributed by atoms with Crippen molar-refractivity contribution in [1.29, 1.82) is 0 Å². The molecule has 128 valence electrons. The standard InChI is InChI=1S/C16H21BrClNO4/c1-9(2)6-14(20)15(21)19-13(16(22)23-3)8-10-7-11(18)4-5-12(10)17/h4-5,7,9,13-14,20H,6,8H2,1-3H3,(H,19,21)/t13-,14-/m1/s1. The Morgan fingerprint density at radius 2 is 2.04 bits per heavy atom. The molecule has 0 spiro atoms. The van der Waals surface area contributed by atoms with E-state index in [0.29, 0.717) is 11.4 Å². The molecule has 0 aromatic heterocycles. The van der Waals surface area contributed by atoms with E-state index in [0.717, 1.165) is 10.0 Å². The lowest BCUT2D eigenvalue weighted by Gasteiger charge is -2.20. The van der Waals surface area contributed by atoms with Crippen LogP contribution < -0.4 is 5.32 Å². The van der Waals surface area contributed by atoms with Crippen LogP contribution >= 0.6 is 27.5 Å². The van der Waals surface area contributed by atoms with E-state index < -0.39 is 24.0 Å². The summed E-state index contributed by atoms with van der Waals surface area (Å²) in [6.45, 7) is 3.80. The molecule has 1 amide bonds. The lowest BCUT2D eigenvalue weighted by atomic mass is 10.0. The van der Waals surface area contributed by atoms with Gasteiger partial charge < -0.3 is 15.2 Å². The second-order valence-corrected chi connectivity index (χ2v) is 6.96. The molecular weight excluding hydrogens is 386 g/mol. The van der Waals surface area contributed by atoms with Crippen molar-refractivity contribution in [2.75, 3.05) is 7.11 Å². The third-order valence-electron chi connectivity index (χ3n) is 3.23. The number of amides is 1. The van der Waals surface area contributed by atoms with Crippen LogP contribution in [0, 0.1) is 5.92 Å². The molecule has 0 saturated carbocycles. The van der Waals surface area contributed by atoms with E-state index in [4.69, 9.17) is 16.3 Å². The van der Waals surface area contributed by atoms with Gasteiger partial charge in [-0.15, -0.1) is 0 Å². The average Bonchev–Trinajstić information content (AvgIpc) is 2.48. The summed E-state index contributed by atoms with van der Waals surface area (Å²) in [5, 5.41) is 12.9. The Bertz CT molecular complexity index is 565. The van der Waals surface area contributed by atoms with Crippen molar-refractivity contribution in [3.05, 3.63) is 33.3 Å². The third kappa shape index (κ3) is 6.49. The van der Waals surface area contributed by atoms with Crippen LogP contribution in [0.2, 0.25) is 5.02 Å². The molecule has 1 aromatic carbocycles. The first-order valence-electron chi connectivity index (χ1n) is 7.24. The quantitative estimate of drug-likeness (QED) is 0.683. The van der Waals surface area contributed by atoms with Crippen LogP contribution in [-0.4, -0.2) is 36.2 Å². The SMILES string of the molecule is COC(=O)[C@@H](Cc1cc(Cl)ccc1Br)NC(=O)[C@H](O)CC(C)C. The minimum Gasteiger partial charge on any atom is -0.467 e. The Morgan fingerprint density at radius 1 is 1.39 bits per heavy atom. The lowest BCUT2D eigenvalue weighted by Crippen LogP contribution is -2.47. The number of hydrogen-bond acceptors (Lipinski definition) is 4. The molecule has 2 N–H and O–H groups in total. The maximum atomic E-state index is 12.0. The van der Waals surface area contributed by atoms with E-state index in [1.54, 1.807) is 18.2 Å². The highest BCUT2D eigenvalue weighted by Crippen LogP contribution is 2.22.